The topological polar surface area (TPSA) is 62.8 Å². The van der Waals surface area contributed by atoms with Gasteiger partial charge in [0.2, 0.25) is 5.91 Å². The van der Waals surface area contributed by atoms with E-state index in [1.165, 1.54) is 12.8 Å². The Morgan fingerprint density at radius 3 is 2.29 bits per heavy atom. The van der Waals surface area contributed by atoms with Crippen molar-refractivity contribution in [3.05, 3.63) is 18.2 Å². The number of anilines is 1. The second-order valence-electron chi connectivity index (χ2n) is 8.17. The molecule has 156 valence electrons. The zero-order chi connectivity index (χ0) is 19.9. The van der Waals surface area contributed by atoms with Crippen LogP contribution < -0.4 is 20.1 Å². The van der Waals surface area contributed by atoms with Gasteiger partial charge < -0.3 is 25.0 Å². The third kappa shape index (κ3) is 5.53. The summed E-state index contributed by atoms with van der Waals surface area (Å²) in [6, 6.07) is 6.21. The maximum atomic E-state index is 12.7. The Kier molecular flexibility index (Phi) is 7.43. The van der Waals surface area contributed by atoms with Gasteiger partial charge in [0.15, 0.2) is 0 Å². The Balaban J connectivity index is 1.47. The number of methoxy groups -OCH3 is 2. The number of carbonyl (C=O) groups excluding carboxylic acids is 1. The van der Waals surface area contributed by atoms with Crippen LogP contribution in [0.5, 0.6) is 11.5 Å². The maximum Gasteiger partial charge on any atom is 0.222 e. The fourth-order valence-electron chi connectivity index (χ4n) is 4.38. The molecule has 6 nitrogen and oxygen atoms in total. The Hall–Kier alpha value is -1.95. The number of hydrogen-bond acceptors (Lipinski definition) is 5. The first-order chi connectivity index (χ1) is 13.6. The SMILES string of the molecule is COc1cc(NC2CCN(C(=O)CC(C)C3CCNCC3)CC2)cc(OC)c1. The van der Waals surface area contributed by atoms with Crippen LogP contribution in [0.25, 0.3) is 0 Å². The lowest BCUT2D eigenvalue weighted by molar-refractivity contribution is -0.133. The fraction of sp³-hybridized carbons (Fsp3) is 0.682. The van der Waals surface area contributed by atoms with Crippen molar-refractivity contribution in [2.24, 2.45) is 11.8 Å². The number of nitrogens with one attached hydrogen (secondary N) is 2. The smallest absolute Gasteiger partial charge is 0.222 e. The number of likely N-dealkylation sites (tertiary alicyclic amines) is 1. The van der Waals surface area contributed by atoms with E-state index in [1.54, 1.807) is 14.2 Å². The fourth-order valence-corrected chi connectivity index (χ4v) is 4.38. The van der Waals surface area contributed by atoms with Crippen LogP contribution in [0.15, 0.2) is 18.2 Å². The second-order valence-corrected chi connectivity index (χ2v) is 8.17. The van der Waals surface area contributed by atoms with Crippen LogP contribution in [-0.4, -0.2) is 57.2 Å². The molecule has 0 spiro atoms. The van der Waals surface area contributed by atoms with Crippen LogP contribution >= 0.6 is 0 Å². The Morgan fingerprint density at radius 2 is 1.71 bits per heavy atom. The van der Waals surface area contributed by atoms with Crippen molar-refractivity contribution in [2.45, 2.75) is 45.1 Å². The van der Waals surface area contributed by atoms with Crippen molar-refractivity contribution in [3.63, 3.8) is 0 Å². The van der Waals surface area contributed by atoms with Crippen LogP contribution in [0.1, 0.15) is 39.0 Å². The molecular formula is C22H35N3O3. The molecule has 0 bridgehead atoms. The average Bonchev–Trinajstić information content (AvgIpc) is 2.74. The molecule has 6 heteroatoms. The minimum atomic E-state index is 0.326. The van der Waals surface area contributed by atoms with Crippen LogP contribution in [0.3, 0.4) is 0 Å². The molecule has 28 heavy (non-hydrogen) atoms. The quantitative estimate of drug-likeness (QED) is 0.750. The molecule has 2 N–H and O–H groups in total. The number of ether oxygens (including phenoxy) is 2. The van der Waals surface area contributed by atoms with Crippen molar-refractivity contribution >= 4 is 11.6 Å². The number of amides is 1. The molecule has 2 aliphatic heterocycles. The zero-order valence-corrected chi connectivity index (χ0v) is 17.5. The van der Waals surface area contributed by atoms with Gasteiger partial charge in [0.1, 0.15) is 11.5 Å². The largest absolute Gasteiger partial charge is 0.497 e. The van der Waals surface area contributed by atoms with Crippen molar-refractivity contribution in [3.8, 4) is 11.5 Å². The molecule has 0 aliphatic carbocycles. The van der Waals surface area contributed by atoms with Gasteiger partial charge in [-0.2, -0.15) is 0 Å². The van der Waals surface area contributed by atoms with E-state index in [-0.39, 0.29) is 0 Å². The summed E-state index contributed by atoms with van der Waals surface area (Å²) >= 11 is 0. The van der Waals surface area contributed by atoms with Crippen LogP contribution in [-0.2, 0) is 4.79 Å². The van der Waals surface area contributed by atoms with E-state index in [2.05, 4.69) is 22.5 Å². The average molecular weight is 390 g/mol. The lowest BCUT2D eigenvalue weighted by atomic mass is 9.84. The van der Waals surface area contributed by atoms with Gasteiger partial charge in [-0.25, -0.2) is 0 Å². The Labute approximate surface area is 169 Å². The third-order valence-electron chi connectivity index (χ3n) is 6.26. The maximum absolute atomic E-state index is 12.7. The van der Waals surface area contributed by atoms with Gasteiger partial charge in [-0.1, -0.05) is 6.92 Å². The van der Waals surface area contributed by atoms with Crippen molar-refractivity contribution in [2.75, 3.05) is 45.7 Å². The third-order valence-corrected chi connectivity index (χ3v) is 6.26. The zero-order valence-electron chi connectivity index (χ0n) is 17.5. The monoisotopic (exact) mass is 389 g/mol. The summed E-state index contributed by atoms with van der Waals surface area (Å²) in [5, 5.41) is 6.98. The molecule has 1 aromatic carbocycles. The Morgan fingerprint density at radius 1 is 1.11 bits per heavy atom. The highest BCUT2D eigenvalue weighted by molar-refractivity contribution is 5.76. The minimum Gasteiger partial charge on any atom is -0.497 e. The molecule has 2 fully saturated rings. The molecule has 0 saturated carbocycles. The molecule has 0 aromatic heterocycles. The van der Waals surface area contributed by atoms with E-state index in [9.17, 15) is 4.79 Å². The van der Waals surface area contributed by atoms with E-state index in [0.29, 0.717) is 30.2 Å². The lowest BCUT2D eigenvalue weighted by Crippen LogP contribution is -2.43. The summed E-state index contributed by atoms with van der Waals surface area (Å²) in [5.41, 5.74) is 1.00. The molecule has 1 amide bonds. The van der Waals surface area contributed by atoms with E-state index in [4.69, 9.17) is 9.47 Å². The summed E-state index contributed by atoms with van der Waals surface area (Å²) in [5.74, 6) is 3.05. The summed E-state index contributed by atoms with van der Waals surface area (Å²) in [6.45, 7) is 6.09. The summed E-state index contributed by atoms with van der Waals surface area (Å²) < 4.78 is 10.7. The minimum absolute atomic E-state index is 0.326. The number of benzene rings is 1. The van der Waals surface area contributed by atoms with E-state index in [0.717, 1.165) is 56.2 Å². The van der Waals surface area contributed by atoms with E-state index < -0.39 is 0 Å². The first kappa shape index (κ1) is 20.8. The normalized spacial score (nSPS) is 19.9. The summed E-state index contributed by atoms with van der Waals surface area (Å²) in [6.07, 6.45) is 5.02. The molecular weight excluding hydrogens is 354 g/mol. The van der Waals surface area contributed by atoms with Gasteiger partial charge in [-0.05, 0) is 50.6 Å². The number of rotatable bonds is 7. The summed E-state index contributed by atoms with van der Waals surface area (Å²) in [4.78, 5) is 14.8. The van der Waals surface area contributed by atoms with Gasteiger partial charge in [-0.3, -0.25) is 4.79 Å². The van der Waals surface area contributed by atoms with Crippen molar-refractivity contribution in [1.29, 1.82) is 0 Å². The first-order valence-electron chi connectivity index (χ1n) is 10.6. The van der Waals surface area contributed by atoms with E-state index >= 15 is 0 Å². The molecule has 1 atom stereocenters. The number of hydrogen-bond donors (Lipinski definition) is 2. The van der Waals surface area contributed by atoms with Gasteiger partial charge >= 0.3 is 0 Å². The highest BCUT2D eigenvalue weighted by atomic mass is 16.5. The number of carbonyl (C=O) groups is 1. The van der Waals surface area contributed by atoms with Gasteiger partial charge in [-0.15, -0.1) is 0 Å². The standard InChI is InChI=1S/C22H35N3O3/c1-16(17-4-8-23-9-5-17)12-22(26)25-10-6-18(7-11-25)24-19-13-20(27-2)15-21(14-19)28-3/h13-18,23-24H,4-12H2,1-3H3. The molecule has 2 aliphatic rings. The predicted molar refractivity (Wildman–Crippen MR) is 112 cm³/mol. The predicted octanol–water partition coefficient (Wildman–Crippen LogP) is 3.13. The number of nitrogens with zero attached hydrogens (tertiary/aromatic N) is 1. The first-order valence-corrected chi connectivity index (χ1v) is 10.6. The summed E-state index contributed by atoms with van der Waals surface area (Å²) in [7, 11) is 3.32. The van der Waals surface area contributed by atoms with E-state index in [1.807, 2.05) is 18.2 Å². The van der Waals surface area contributed by atoms with Gasteiger partial charge in [0, 0.05) is 49.4 Å². The van der Waals surface area contributed by atoms with Crippen LogP contribution in [0.4, 0.5) is 5.69 Å². The number of piperidine rings is 2. The molecule has 1 aromatic rings. The lowest BCUT2D eigenvalue weighted by Gasteiger charge is -2.35. The van der Waals surface area contributed by atoms with Gasteiger partial charge in [0.25, 0.3) is 0 Å². The Bertz CT molecular complexity index is 616. The molecule has 2 saturated heterocycles. The molecule has 0 radical (unpaired) electrons. The van der Waals surface area contributed by atoms with Crippen LogP contribution in [0, 0.1) is 11.8 Å². The molecule has 3 rings (SSSR count). The molecule has 1 unspecified atom stereocenters. The van der Waals surface area contributed by atoms with Crippen molar-refractivity contribution in [1.82, 2.24) is 10.2 Å². The van der Waals surface area contributed by atoms with Crippen molar-refractivity contribution < 1.29 is 14.3 Å². The highest BCUT2D eigenvalue weighted by Gasteiger charge is 2.27. The van der Waals surface area contributed by atoms with Crippen LogP contribution in [0.2, 0.25) is 0 Å². The van der Waals surface area contributed by atoms with Gasteiger partial charge in [0.05, 0.1) is 14.2 Å². The highest BCUT2D eigenvalue weighted by Crippen LogP contribution is 2.28. The molecule has 2 heterocycles. The second kappa shape index (κ2) is 10.0.